The minimum Gasteiger partial charge on any atom is -0.318 e. The van der Waals surface area contributed by atoms with Crippen LogP contribution in [-0.2, 0) is 0 Å². The van der Waals surface area contributed by atoms with Gasteiger partial charge in [-0.2, -0.15) is 13.2 Å². The Morgan fingerprint density at radius 2 is 1.82 bits per heavy atom. The Hall–Kier alpha value is -3.27. The lowest BCUT2D eigenvalue weighted by molar-refractivity contribution is -0.133. The highest BCUT2D eigenvalue weighted by molar-refractivity contribution is 5.93. The molecule has 0 saturated carbocycles. The molecule has 0 aliphatic carbocycles. The van der Waals surface area contributed by atoms with Crippen LogP contribution in [0.25, 0.3) is 22.0 Å². The Kier molecular flexibility index (Phi) is 6.07. The zero-order valence-electron chi connectivity index (χ0n) is 18.4. The molecule has 4 heterocycles. The van der Waals surface area contributed by atoms with E-state index in [-0.39, 0.29) is 30.7 Å². The van der Waals surface area contributed by atoms with Gasteiger partial charge < -0.3 is 10.2 Å². The van der Waals surface area contributed by atoms with E-state index in [9.17, 15) is 18.0 Å². The number of rotatable bonds is 5. The number of nitrogens with zero attached hydrogens (tertiary/aromatic N) is 4. The van der Waals surface area contributed by atoms with Crippen LogP contribution in [0, 0.1) is 0 Å². The first-order valence-electron chi connectivity index (χ1n) is 11.4. The average Bonchev–Trinajstić information content (AvgIpc) is 3.09. The lowest BCUT2D eigenvalue weighted by Crippen LogP contribution is -2.53. The van der Waals surface area contributed by atoms with Gasteiger partial charge in [-0.1, -0.05) is 12.1 Å². The third-order valence-electron chi connectivity index (χ3n) is 6.62. The minimum absolute atomic E-state index is 0.00204. The maximum atomic E-state index is 13.1. The number of alkyl halides is 3. The Bertz CT molecular complexity index is 1160. The van der Waals surface area contributed by atoms with Crippen LogP contribution < -0.4 is 10.6 Å². The van der Waals surface area contributed by atoms with Crippen LogP contribution in [0.5, 0.6) is 0 Å². The van der Waals surface area contributed by atoms with Crippen molar-refractivity contribution in [3.05, 3.63) is 49.1 Å². The number of benzene rings is 1. The van der Waals surface area contributed by atoms with Crippen molar-refractivity contribution in [1.29, 1.82) is 0 Å². The monoisotopic (exact) mass is 470 g/mol. The average molecular weight is 470 g/mol. The molecule has 0 radical (unpaired) electrons. The van der Waals surface area contributed by atoms with Crippen molar-refractivity contribution in [3.63, 3.8) is 0 Å². The first-order chi connectivity index (χ1) is 16.4. The highest BCUT2D eigenvalue weighted by atomic mass is 19.4. The molecule has 5 rings (SSSR count). The molecule has 2 aliphatic heterocycles. The molecule has 2 amide bonds. The van der Waals surface area contributed by atoms with Gasteiger partial charge >= 0.3 is 12.2 Å². The van der Waals surface area contributed by atoms with Gasteiger partial charge in [-0.05, 0) is 43.2 Å². The third kappa shape index (κ3) is 4.96. The molecule has 2 aromatic heterocycles. The summed E-state index contributed by atoms with van der Waals surface area (Å²) in [6, 6.07) is 7.56. The van der Waals surface area contributed by atoms with Crippen molar-refractivity contribution in [2.24, 2.45) is 0 Å². The lowest BCUT2D eigenvalue weighted by atomic mass is 9.97. The fourth-order valence-corrected chi connectivity index (χ4v) is 5.08. The van der Waals surface area contributed by atoms with Crippen LogP contribution in [0.2, 0.25) is 0 Å². The molecule has 1 aromatic carbocycles. The molecule has 2 atom stereocenters. The van der Waals surface area contributed by atoms with Crippen LogP contribution in [0.4, 0.5) is 23.8 Å². The molecule has 2 unspecified atom stereocenters. The van der Waals surface area contributed by atoms with Crippen molar-refractivity contribution in [3.8, 4) is 11.3 Å². The SMILES string of the molecule is O=C(Nc1cc2cc(-c3cnccn3)ccc2cn1)N1C2CCC1CC(NCCC(F)(F)F)C2. The summed E-state index contributed by atoms with van der Waals surface area (Å²) in [4.78, 5) is 27.8. The maximum absolute atomic E-state index is 13.1. The number of nitrogens with one attached hydrogen (secondary N) is 2. The van der Waals surface area contributed by atoms with E-state index in [1.54, 1.807) is 24.8 Å². The predicted molar refractivity (Wildman–Crippen MR) is 122 cm³/mol. The van der Waals surface area contributed by atoms with Crippen molar-refractivity contribution >= 4 is 22.6 Å². The van der Waals surface area contributed by atoms with Gasteiger partial charge in [-0.3, -0.25) is 15.3 Å². The number of amides is 2. The number of aromatic nitrogens is 3. The molecule has 2 saturated heterocycles. The first-order valence-corrected chi connectivity index (χ1v) is 11.4. The quantitative estimate of drug-likeness (QED) is 0.562. The van der Waals surface area contributed by atoms with Crippen LogP contribution in [0.3, 0.4) is 0 Å². The second kappa shape index (κ2) is 9.17. The fraction of sp³-hybridized carbons (Fsp3) is 0.417. The number of pyridine rings is 1. The summed E-state index contributed by atoms with van der Waals surface area (Å²) in [6.45, 7) is -0.0859. The van der Waals surface area contributed by atoms with E-state index in [2.05, 4.69) is 25.6 Å². The third-order valence-corrected chi connectivity index (χ3v) is 6.62. The molecular formula is C24H25F3N6O. The molecule has 7 nitrogen and oxygen atoms in total. The van der Waals surface area contributed by atoms with Gasteiger partial charge in [0, 0.05) is 54.2 Å². The van der Waals surface area contributed by atoms with Crippen molar-refractivity contribution in [1.82, 2.24) is 25.2 Å². The van der Waals surface area contributed by atoms with Crippen molar-refractivity contribution in [2.45, 2.75) is 56.4 Å². The van der Waals surface area contributed by atoms with E-state index in [0.29, 0.717) is 18.7 Å². The second-order valence-corrected chi connectivity index (χ2v) is 8.93. The van der Waals surface area contributed by atoms with Gasteiger partial charge in [0.05, 0.1) is 18.3 Å². The summed E-state index contributed by atoms with van der Waals surface area (Å²) in [7, 11) is 0. The molecule has 2 N–H and O–H groups in total. The Morgan fingerprint density at radius 3 is 2.53 bits per heavy atom. The number of fused-ring (bicyclic) bond motifs is 3. The van der Waals surface area contributed by atoms with Crippen LogP contribution >= 0.6 is 0 Å². The number of carbonyl (C=O) groups is 1. The number of hydrogen-bond donors (Lipinski definition) is 2. The smallest absolute Gasteiger partial charge is 0.318 e. The summed E-state index contributed by atoms with van der Waals surface area (Å²) in [5, 5.41) is 7.81. The fourth-order valence-electron chi connectivity index (χ4n) is 5.08. The van der Waals surface area contributed by atoms with Gasteiger partial charge in [-0.15, -0.1) is 0 Å². The molecule has 178 valence electrons. The summed E-state index contributed by atoms with van der Waals surface area (Å²) in [6.07, 6.45) is 4.73. The van der Waals surface area contributed by atoms with E-state index in [1.165, 1.54) is 0 Å². The van der Waals surface area contributed by atoms with Crippen molar-refractivity contribution < 1.29 is 18.0 Å². The normalized spacial score (nSPS) is 22.2. The highest BCUT2D eigenvalue weighted by Gasteiger charge is 2.43. The van der Waals surface area contributed by atoms with E-state index in [0.717, 1.165) is 34.9 Å². The lowest BCUT2D eigenvalue weighted by Gasteiger charge is -2.39. The van der Waals surface area contributed by atoms with E-state index >= 15 is 0 Å². The first kappa shape index (κ1) is 22.5. The molecule has 2 aliphatic rings. The Labute approximate surface area is 194 Å². The van der Waals surface area contributed by atoms with E-state index in [1.807, 2.05) is 29.2 Å². The summed E-state index contributed by atoms with van der Waals surface area (Å²) in [5.41, 5.74) is 1.68. The standard InChI is InChI=1S/C24H25F3N6O/c25-24(26,27)5-6-29-18-11-19-3-4-20(12-18)33(19)23(34)32-22-10-17-9-15(1-2-16(17)13-31-22)21-14-28-7-8-30-21/h1-2,7-10,13-14,18-20,29H,3-6,11-12H2,(H,31,32,34). The summed E-state index contributed by atoms with van der Waals surface area (Å²) in [5.74, 6) is 0.457. The molecular weight excluding hydrogens is 445 g/mol. The Morgan fingerprint density at radius 1 is 1.03 bits per heavy atom. The van der Waals surface area contributed by atoms with Gasteiger partial charge in [0.1, 0.15) is 5.82 Å². The number of carbonyl (C=O) groups excluding carboxylic acids is 1. The molecule has 2 fully saturated rings. The minimum atomic E-state index is -4.16. The summed E-state index contributed by atoms with van der Waals surface area (Å²) < 4.78 is 37.3. The van der Waals surface area contributed by atoms with Gasteiger partial charge in [0.25, 0.3) is 0 Å². The topological polar surface area (TPSA) is 83.0 Å². The molecule has 3 aromatic rings. The molecule has 0 spiro atoms. The van der Waals surface area contributed by atoms with Crippen LogP contribution in [0.1, 0.15) is 32.1 Å². The predicted octanol–water partition coefficient (Wildman–Crippen LogP) is 4.76. The molecule has 34 heavy (non-hydrogen) atoms. The Balaban J connectivity index is 1.25. The van der Waals surface area contributed by atoms with Crippen LogP contribution in [0.15, 0.2) is 49.1 Å². The number of hydrogen-bond acceptors (Lipinski definition) is 5. The van der Waals surface area contributed by atoms with Crippen molar-refractivity contribution in [2.75, 3.05) is 11.9 Å². The number of piperidine rings is 1. The number of anilines is 1. The summed E-state index contributed by atoms with van der Waals surface area (Å²) >= 11 is 0. The zero-order valence-corrected chi connectivity index (χ0v) is 18.4. The van der Waals surface area contributed by atoms with Crippen LogP contribution in [-0.4, -0.2) is 56.7 Å². The molecule has 2 bridgehead atoms. The van der Waals surface area contributed by atoms with Gasteiger partial charge in [0.2, 0.25) is 0 Å². The van der Waals surface area contributed by atoms with E-state index in [4.69, 9.17) is 0 Å². The molecule has 10 heteroatoms. The number of urea groups is 1. The van der Waals surface area contributed by atoms with Gasteiger partial charge in [-0.25, -0.2) is 9.78 Å². The second-order valence-electron chi connectivity index (χ2n) is 8.93. The maximum Gasteiger partial charge on any atom is 0.390 e. The van der Waals surface area contributed by atoms with E-state index < -0.39 is 12.6 Å². The highest BCUT2D eigenvalue weighted by Crippen LogP contribution is 2.36. The van der Waals surface area contributed by atoms with Gasteiger partial charge in [0.15, 0.2) is 0 Å². The number of halogens is 3. The zero-order chi connectivity index (χ0) is 23.7. The largest absolute Gasteiger partial charge is 0.390 e.